The minimum atomic E-state index is -0.311. The first-order chi connectivity index (χ1) is 6.52. The molecule has 0 saturated heterocycles. The van der Waals surface area contributed by atoms with Crippen LogP contribution in [0.5, 0.6) is 5.75 Å². The summed E-state index contributed by atoms with van der Waals surface area (Å²) in [5.41, 5.74) is 1.29. The van der Waals surface area contributed by atoms with Crippen LogP contribution in [0.4, 0.5) is 4.39 Å². The first kappa shape index (κ1) is 10.7. The highest BCUT2D eigenvalue weighted by Crippen LogP contribution is 2.24. The molecule has 1 aromatic carbocycles. The van der Waals surface area contributed by atoms with Crippen LogP contribution in [0.15, 0.2) is 12.1 Å². The van der Waals surface area contributed by atoms with E-state index in [9.17, 15) is 9.18 Å². The lowest BCUT2D eigenvalue weighted by atomic mass is 10.1. The van der Waals surface area contributed by atoms with Crippen LogP contribution >= 0.6 is 0 Å². The third kappa shape index (κ3) is 2.31. The molecule has 1 aromatic rings. The van der Waals surface area contributed by atoms with Gasteiger partial charge in [-0.2, -0.15) is 0 Å². The maximum Gasteiger partial charge on any atom is 0.167 e. The van der Waals surface area contributed by atoms with Crippen LogP contribution in [0.25, 0.3) is 0 Å². The molecule has 0 spiro atoms. The maximum atomic E-state index is 13.1. The summed E-state index contributed by atoms with van der Waals surface area (Å²) in [6, 6.07) is 3.03. The number of carbonyl (C=O) groups excluding carboxylic acids is 1. The molecule has 2 nitrogen and oxygen atoms in total. The van der Waals surface area contributed by atoms with Gasteiger partial charge in [-0.05, 0) is 32.4 Å². The Morgan fingerprint density at radius 3 is 2.64 bits per heavy atom. The number of halogens is 1. The zero-order chi connectivity index (χ0) is 10.7. The highest BCUT2D eigenvalue weighted by molar-refractivity contribution is 5.77. The zero-order valence-electron chi connectivity index (χ0n) is 8.56. The number of aryl methyl sites for hydroxylation is 1. The van der Waals surface area contributed by atoms with Crippen molar-refractivity contribution in [2.45, 2.75) is 20.8 Å². The molecule has 0 aliphatic rings. The van der Waals surface area contributed by atoms with Crippen molar-refractivity contribution < 1.29 is 13.9 Å². The molecule has 0 bridgehead atoms. The average Bonchev–Trinajstić information content (AvgIpc) is 2.11. The summed E-state index contributed by atoms with van der Waals surface area (Å²) in [5.74, 6) is 0.0856. The van der Waals surface area contributed by atoms with Gasteiger partial charge < -0.3 is 4.74 Å². The van der Waals surface area contributed by atoms with Gasteiger partial charge >= 0.3 is 0 Å². The van der Waals surface area contributed by atoms with Gasteiger partial charge in [0.05, 0.1) is 0 Å². The first-order valence-electron chi connectivity index (χ1n) is 4.40. The summed E-state index contributed by atoms with van der Waals surface area (Å²) in [5, 5.41) is 0. The van der Waals surface area contributed by atoms with Crippen molar-refractivity contribution in [3.05, 3.63) is 29.1 Å². The molecule has 0 saturated carbocycles. The third-order valence-electron chi connectivity index (χ3n) is 1.96. The van der Waals surface area contributed by atoms with E-state index in [1.165, 1.54) is 13.0 Å². The van der Waals surface area contributed by atoms with Gasteiger partial charge in [-0.3, -0.25) is 4.79 Å². The Bertz CT molecular complexity index is 359. The largest absolute Gasteiger partial charge is 0.485 e. The van der Waals surface area contributed by atoms with E-state index in [-0.39, 0.29) is 18.2 Å². The van der Waals surface area contributed by atoms with E-state index in [1.54, 1.807) is 13.0 Å². The summed E-state index contributed by atoms with van der Waals surface area (Å²) in [6.45, 7) is 4.88. The third-order valence-corrected chi connectivity index (χ3v) is 1.96. The maximum absolute atomic E-state index is 13.1. The quantitative estimate of drug-likeness (QED) is 0.742. The first-order valence-corrected chi connectivity index (χ1v) is 4.40. The average molecular weight is 196 g/mol. The number of hydrogen-bond acceptors (Lipinski definition) is 2. The predicted molar refractivity (Wildman–Crippen MR) is 52.1 cm³/mol. The fourth-order valence-corrected chi connectivity index (χ4v) is 1.20. The molecule has 0 atom stereocenters. The van der Waals surface area contributed by atoms with Crippen molar-refractivity contribution in [2.24, 2.45) is 0 Å². The predicted octanol–water partition coefficient (Wildman–Crippen LogP) is 2.41. The fraction of sp³-hybridized carbons (Fsp3) is 0.364. The smallest absolute Gasteiger partial charge is 0.167 e. The lowest BCUT2D eigenvalue weighted by Gasteiger charge is -2.10. The molecule has 0 aromatic heterocycles. The number of ketones is 1. The summed E-state index contributed by atoms with van der Waals surface area (Å²) < 4.78 is 18.3. The van der Waals surface area contributed by atoms with Gasteiger partial charge in [0.15, 0.2) is 5.78 Å². The highest BCUT2D eigenvalue weighted by Gasteiger charge is 2.08. The van der Waals surface area contributed by atoms with Crippen molar-refractivity contribution in [1.82, 2.24) is 0 Å². The van der Waals surface area contributed by atoms with Crippen molar-refractivity contribution in [3.8, 4) is 5.75 Å². The molecule has 0 aliphatic carbocycles. The highest BCUT2D eigenvalue weighted by atomic mass is 19.1. The molecule has 14 heavy (non-hydrogen) atoms. The molecular formula is C11H13FO2. The van der Waals surface area contributed by atoms with E-state index in [0.29, 0.717) is 11.3 Å². The van der Waals surface area contributed by atoms with Gasteiger partial charge in [-0.1, -0.05) is 6.07 Å². The van der Waals surface area contributed by atoms with Crippen LogP contribution in [0.3, 0.4) is 0 Å². The van der Waals surface area contributed by atoms with E-state index in [2.05, 4.69) is 0 Å². The summed E-state index contributed by atoms with van der Waals surface area (Å²) >= 11 is 0. The van der Waals surface area contributed by atoms with Crippen LogP contribution in [0.1, 0.15) is 18.1 Å². The molecule has 76 valence electrons. The molecular weight excluding hydrogens is 183 g/mol. The molecule has 3 heteroatoms. The van der Waals surface area contributed by atoms with Gasteiger partial charge in [-0.15, -0.1) is 0 Å². The van der Waals surface area contributed by atoms with Crippen LogP contribution < -0.4 is 4.74 Å². The van der Waals surface area contributed by atoms with E-state index < -0.39 is 0 Å². The lowest BCUT2D eigenvalue weighted by molar-refractivity contribution is -0.118. The summed E-state index contributed by atoms with van der Waals surface area (Å²) in [7, 11) is 0. The molecule has 0 unspecified atom stereocenters. The number of benzene rings is 1. The van der Waals surface area contributed by atoms with Crippen LogP contribution in [0, 0.1) is 19.7 Å². The van der Waals surface area contributed by atoms with Gasteiger partial charge in [0.1, 0.15) is 18.2 Å². The Hall–Kier alpha value is -1.38. The second-order valence-electron chi connectivity index (χ2n) is 3.31. The molecule has 1 rings (SSSR count). The van der Waals surface area contributed by atoms with Gasteiger partial charge in [0.2, 0.25) is 0 Å². The number of carbonyl (C=O) groups is 1. The lowest BCUT2D eigenvalue weighted by Crippen LogP contribution is -2.08. The van der Waals surface area contributed by atoms with Crippen molar-refractivity contribution in [3.63, 3.8) is 0 Å². The normalized spacial score (nSPS) is 10.0. The SMILES string of the molecule is CC(=O)COc1c(C)ccc(F)c1C. The summed E-state index contributed by atoms with van der Waals surface area (Å²) in [6.07, 6.45) is 0. The van der Waals surface area contributed by atoms with Gasteiger partial charge in [-0.25, -0.2) is 4.39 Å². The zero-order valence-corrected chi connectivity index (χ0v) is 8.56. The minimum absolute atomic E-state index is 0.00880. The number of Topliss-reactive ketones (excluding diaryl/α,β-unsaturated/α-hetero) is 1. The summed E-state index contributed by atoms with van der Waals surface area (Å²) in [4.78, 5) is 10.7. The van der Waals surface area contributed by atoms with Gasteiger partial charge in [0, 0.05) is 5.56 Å². The van der Waals surface area contributed by atoms with Crippen molar-refractivity contribution in [2.75, 3.05) is 6.61 Å². The standard InChI is InChI=1S/C11H13FO2/c1-7-4-5-10(12)9(3)11(7)14-6-8(2)13/h4-5H,6H2,1-3H3. The van der Waals surface area contributed by atoms with Crippen LogP contribution in [0.2, 0.25) is 0 Å². The molecule has 0 aliphatic heterocycles. The van der Waals surface area contributed by atoms with E-state index in [0.717, 1.165) is 5.56 Å². The van der Waals surface area contributed by atoms with Gasteiger partial charge in [0.25, 0.3) is 0 Å². The Morgan fingerprint density at radius 2 is 2.07 bits per heavy atom. The molecule has 0 heterocycles. The minimum Gasteiger partial charge on any atom is -0.485 e. The molecule has 0 radical (unpaired) electrons. The molecule has 0 N–H and O–H groups in total. The van der Waals surface area contributed by atoms with Crippen molar-refractivity contribution >= 4 is 5.78 Å². The second kappa shape index (κ2) is 4.22. The van der Waals surface area contributed by atoms with E-state index >= 15 is 0 Å². The Balaban J connectivity index is 2.95. The second-order valence-corrected chi connectivity index (χ2v) is 3.31. The molecule has 0 fully saturated rings. The van der Waals surface area contributed by atoms with E-state index in [4.69, 9.17) is 4.74 Å². The Labute approximate surface area is 82.7 Å². The number of ether oxygens (including phenoxy) is 1. The number of rotatable bonds is 3. The fourth-order valence-electron chi connectivity index (χ4n) is 1.20. The number of hydrogen-bond donors (Lipinski definition) is 0. The molecule has 0 amide bonds. The van der Waals surface area contributed by atoms with Crippen LogP contribution in [-0.2, 0) is 4.79 Å². The van der Waals surface area contributed by atoms with E-state index in [1.807, 2.05) is 6.92 Å². The van der Waals surface area contributed by atoms with Crippen molar-refractivity contribution in [1.29, 1.82) is 0 Å². The van der Waals surface area contributed by atoms with Crippen LogP contribution in [-0.4, -0.2) is 12.4 Å². The monoisotopic (exact) mass is 196 g/mol. The Morgan fingerprint density at radius 1 is 1.43 bits per heavy atom. The topological polar surface area (TPSA) is 26.3 Å². The Kier molecular flexibility index (Phi) is 3.23.